The number of hydrogen-bond acceptors (Lipinski definition) is 3. The molecule has 1 unspecified atom stereocenters. The second-order valence-corrected chi connectivity index (χ2v) is 2.36. The highest BCUT2D eigenvalue weighted by Gasteiger charge is 2.29. The minimum Gasteiger partial charge on any atom is -0.326 e. The topological polar surface area (TPSA) is 73.2 Å². The van der Waals surface area contributed by atoms with Crippen molar-refractivity contribution in [2.75, 3.05) is 13.6 Å². The molecule has 0 aromatic carbocycles. The van der Waals surface area contributed by atoms with Crippen molar-refractivity contribution in [2.24, 2.45) is 5.92 Å². The summed E-state index contributed by atoms with van der Waals surface area (Å²) >= 11 is 0. The molecule has 0 bridgehead atoms. The molecule has 1 heterocycles. The summed E-state index contributed by atoms with van der Waals surface area (Å²) < 4.78 is 0. The number of carbonyl (C=O) groups is 2. The predicted octanol–water partition coefficient (Wildman–Crippen LogP) is -0.692. The van der Waals surface area contributed by atoms with E-state index in [-0.39, 0.29) is 6.54 Å². The molecular formula is C6H7N3O2. The fourth-order valence-electron chi connectivity index (χ4n) is 0.827. The van der Waals surface area contributed by atoms with Crippen LogP contribution in [0.1, 0.15) is 0 Å². The Labute approximate surface area is 63.6 Å². The largest absolute Gasteiger partial charge is 0.326 e. The molecule has 0 saturated carbocycles. The summed E-state index contributed by atoms with van der Waals surface area (Å²) in [5.41, 5.74) is 0. The Morgan fingerprint density at radius 3 is 2.91 bits per heavy atom. The highest BCUT2D eigenvalue weighted by molar-refractivity contribution is 5.98. The van der Waals surface area contributed by atoms with Crippen molar-refractivity contribution in [3.8, 4) is 6.07 Å². The van der Waals surface area contributed by atoms with E-state index in [1.807, 2.05) is 0 Å². The van der Waals surface area contributed by atoms with Gasteiger partial charge in [0, 0.05) is 13.6 Å². The van der Waals surface area contributed by atoms with E-state index in [1.165, 1.54) is 11.9 Å². The summed E-state index contributed by atoms with van der Waals surface area (Å²) in [7, 11) is 1.53. The molecule has 1 aliphatic heterocycles. The number of urea groups is 1. The number of nitrogens with zero attached hydrogens (tertiary/aromatic N) is 2. The SMILES string of the molecule is CN1CC(C#N)C(=O)NC1=O. The van der Waals surface area contributed by atoms with Crippen LogP contribution in [0, 0.1) is 17.2 Å². The molecule has 1 atom stereocenters. The standard InChI is InChI=1S/C6H7N3O2/c1-9-3-4(2-7)5(10)8-6(9)11/h4H,3H2,1H3,(H,8,10,11). The molecule has 1 fully saturated rings. The van der Waals surface area contributed by atoms with Gasteiger partial charge in [-0.2, -0.15) is 5.26 Å². The van der Waals surface area contributed by atoms with Crippen LogP contribution >= 0.6 is 0 Å². The summed E-state index contributed by atoms with van der Waals surface area (Å²) in [6.45, 7) is 0.182. The van der Waals surface area contributed by atoms with E-state index in [9.17, 15) is 9.59 Å². The Morgan fingerprint density at radius 2 is 2.36 bits per heavy atom. The molecule has 3 amide bonds. The molecule has 1 saturated heterocycles. The van der Waals surface area contributed by atoms with E-state index in [0.29, 0.717) is 0 Å². The molecular weight excluding hydrogens is 146 g/mol. The van der Waals surface area contributed by atoms with Gasteiger partial charge < -0.3 is 4.90 Å². The van der Waals surface area contributed by atoms with E-state index < -0.39 is 17.9 Å². The van der Waals surface area contributed by atoms with Gasteiger partial charge in [-0.1, -0.05) is 0 Å². The number of carbonyl (C=O) groups excluding carboxylic acids is 2. The molecule has 0 radical (unpaired) electrons. The second kappa shape index (κ2) is 2.58. The molecule has 11 heavy (non-hydrogen) atoms. The maximum absolute atomic E-state index is 10.8. The fourth-order valence-corrected chi connectivity index (χ4v) is 0.827. The quantitative estimate of drug-likeness (QED) is 0.500. The van der Waals surface area contributed by atoms with Crippen molar-refractivity contribution in [1.82, 2.24) is 10.2 Å². The number of nitriles is 1. The van der Waals surface area contributed by atoms with Gasteiger partial charge in [-0.15, -0.1) is 0 Å². The zero-order valence-electron chi connectivity index (χ0n) is 6.00. The predicted molar refractivity (Wildman–Crippen MR) is 35.3 cm³/mol. The van der Waals surface area contributed by atoms with Crippen LogP contribution in [-0.4, -0.2) is 30.4 Å². The van der Waals surface area contributed by atoms with Gasteiger partial charge >= 0.3 is 6.03 Å². The monoisotopic (exact) mass is 153 g/mol. The summed E-state index contributed by atoms with van der Waals surface area (Å²) in [5.74, 6) is -1.23. The van der Waals surface area contributed by atoms with Crippen molar-refractivity contribution in [3.05, 3.63) is 0 Å². The Bertz CT molecular complexity index is 243. The third-order valence-corrected chi connectivity index (χ3v) is 1.51. The molecule has 1 N–H and O–H groups in total. The fraction of sp³-hybridized carbons (Fsp3) is 0.500. The highest BCUT2D eigenvalue weighted by Crippen LogP contribution is 2.03. The van der Waals surface area contributed by atoms with Gasteiger partial charge in [-0.3, -0.25) is 10.1 Å². The van der Waals surface area contributed by atoms with Crippen LogP contribution in [0.2, 0.25) is 0 Å². The second-order valence-electron chi connectivity index (χ2n) is 2.36. The van der Waals surface area contributed by atoms with Gasteiger partial charge in [0.1, 0.15) is 5.92 Å². The Kier molecular flexibility index (Phi) is 1.77. The van der Waals surface area contributed by atoms with Crippen molar-refractivity contribution in [3.63, 3.8) is 0 Å². The molecule has 1 rings (SSSR count). The van der Waals surface area contributed by atoms with E-state index in [1.54, 1.807) is 6.07 Å². The first-order valence-corrected chi connectivity index (χ1v) is 3.10. The van der Waals surface area contributed by atoms with Gasteiger partial charge in [0.2, 0.25) is 5.91 Å². The lowest BCUT2D eigenvalue weighted by Crippen LogP contribution is -2.52. The van der Waals surface area contributed by atoms with Crippen LogP contribution < -0.4 is 5.32 Å². The van der Waals surface area contributed by atoms with Crippen LogP contribution in [0.4, 0.5) is 4.79 Å². The number of hydrogen-bond donors (Lipinski definition) is 1. The molecule has 0 spiro atoms. The third kappa shape index (κ3) is 1.29. The van der Waals surface area contributed by atoms with E-state index in [2.05, 4.69) is 5.32 Å². The molecule has 58 valence electrons. The first kappa shape index (κ1) is 7.54. The molecule has 0 aromatic rings. The smallest absolute Gasteiger partial charge is 0.323 e. The van der Waals surface area contributed by atoms with E-state index >= 15 is 0 Å². The number of amides is 3. The van der Waals surface area contributed by atoms with Crippen molar-refractivity contribution >= 4 is 11.9 Å². The van der Waals surface area contributed by atoms with Crippen LogP contribution in [0.25, 0.3) is 0 Å². The van der Waals surface area contributed by atoms with Crippen LogP contribution in [0.3, 0.4) is 0 Å². The third-order valence-electron chi connectivity index (χ3n) is 1.51. The minimum atomic E-state index is -0.724. The molecule has 5 nitrogen and oxygen atoms in total. The average Bonchev–Trinajstić information content (AvgIpc) is 1.97. The normalized spacial score (nSPS) is 24.4. The highest BCUT2D eigenvalue weighted by atomic mass is 16.2. The van der Waals surface area contributed by atoms with Gasteiger partial charge in [-0.05, 0) is 0 Å². The van der Waals surface area contributed by atoms with Crippen LogP contribution in [-0.2, 0) is 4.79 Å². The molecule has 5 heteroatoms. The number of nitrogens with one attached hydrogen (secondary N) is 1. The van der Waals surface area contributed by atoms with E-state index in [0.717, 1.165) is 0 Å². The lowest BCUT2D eigenvalue weighted by molar-refractivity contribution is -0.123. The lowest BCUT2D eigenvalue weighted by Gasteiger charge is -2.24. The van der Waals surface area contributed by atoms with Crippen molar-refractivity contribution < 1.29 is 9.59 Å². The average molecular weight is 153 g/mol. The van der Waals surface area contributed by atoms with Crippen molar-refractivity contribution in [2.45, 2.75) is 0 Å². The molecule has 1 aliphatic rings. The summed E-state index contributed by atoms with van der Waals surface area (Å²) in [6.07, 6.45) is 0. The first-order valence-electron chi connectivity index (χ1n) is 3.10. The zero-order valence-corrected chi connectivity index (χ0v) is 6.00. The van der Waals surface area contributed by atoms with Crippen LogP contribution in [0.15, 0.2) is 0 Å². The lowest BCUT2D eigenvalue weighted by atomic mass is 10.1. The zero-order chi connectivity index (χ0) is 8.43. The van der Waals surface area contributed by atoms with Gasteiger partial charge in [0.15, 0.2) is 0 Å². The molecule has 0 aromatic heterocycles. The van der Waals surface area contributed by atoms with Crippen molar-refractivity contribution in [1.29, 1.82) is 5.26 Å². The number of imide groups is 1. The Hall–Kier alpha value is -1.57. The Morgan fingerprint density at radius 1 is 1.73 bits per heavy atom. The Balaban J connectivity index is 2.71. The summed E-state index contributed by atoms with van der Waals surface area (Å²) in [5, 5.41) is 10.5. The molecule has 0 aliphatic carbocycles. The van der Waals surface area contributed by atoms with Crippen LogP contribution in [0.5, 0.6) is 0 Å². The number of rotatable bonds is 0. The van der Waals surface area contributed by atoms with Gasteiger partial charge in [-0.25, -0.2) is 4.79 Å². The minimum absolute atomic E-state index is 0.182. The first-order chi connectivity index (χ1) is 5.15. The van der Waals surface area contributed by atoms with E-state index in [4.69, 9.17) is 5.26 Å². The van der Waals surface area contributed by atoms with Gasteiger partial charge in [0.25, 0.3) is 0 Å². The van der Waals surface area contributed by atoms with Gasteiger partial charge in [0.05, 0.1) is 6.07 Å². The maximum atomic E-state index is 10.8. The summed E-state index contributed by atoms with van der Waals surface area (Å²) in [4.78, 5) is 22.9. The summed E-state index contributed by atoms with van der Waals surface area (Å²) in [6, 6.07) is 1.36. The maximum Gasteiger partial charge on any atom is 0.323 e.